The van der Waals surface area contributed by atoms with Crippen LogP contribution in [0.1, 0.15) is 15.9 Å². The number of benzene rings is 1. The molecule has 0 saturated carbocycles. The Labute approximate surface area is 111 Å². The van der Waals surface area contributed by atoms with Gasteiger partial charge in [0.25, 0.3) is 5.91 Å². The third kappa shape index (κ3) is 3.15. The molecule has 0 radical (unpaired) electrons. The minimum atomic E-state index is -0.151. The van der Waals surface area contributed by atoms with Crippen LogP contribution in [-0.2, 0) is 6.61 Å². The number of anilines is 1. The van der Waals surface area contributed by atoms with Crippen molar-refractivity contribution in [3.8, 4) is 0 Å². The first-order valence-corrected chi connectivity index (χ1v) is 6.61. The predicted molar refractivity (Wildman–Crippen MR) is 72.3 cm³/mol. The monoisotopic (exact) mass is 311 g/mol. The molecule has 0 atom stereocenters. The molecule has 1 aromatic heterocycles. The Balaban J connectivity index is 2.12. The average molecular weight is 312 g/mol. The van der Waals surface area contributed by atoms with E-state index in [1.165, 1.54) is 11.3 Å². The van der Waals surface area contributed by atoms with Crippen LogP contribution in [0.25, 0.3) is 0 Å². The molecule has 1 aromatic carbocycles. The predicted octanol–water partition coefficient (Wildman–Crippen LogP) is 3.26. The minimum absolute atomic E-state index is 0.0340. The van der Waals surface area contributed by atoms with Gasteiger partial charge in [0, 0.05) is 11.1 Å². The third-order valence-electron chi connectivity index (χ3n) is 2.20. The summed E-state index contributed by atoms with van der Waals surface area (Å²) in [7, 11) is 0. The van der Waals surface area contributed by atoms with E-state index in [4.69, 9.17) is 5.11 Å². The Morgan fingerprint density at radius 1 is 1.41 bits per heavy atom. The topological polar surface area (TPSA) is 49.3 Å². The van der Waals surface area contributed by atoms with Gasteiger partial charge in [-0.1, -0.05) is 12.1 Å². The summed E-state index contributed by atoms with van der Waals surface area (Å²) in [4.78, 5) is 11.8. The molecule has 1 amide bonds. The first-order valence-electron chi connectivity index (χ1n) is 4.94. The first kappa shape index (κ1) is 12.3. The van der Waals surface area contributed by atoms with Crippen molar-refractivity contribution in [2.75, 3.05) is 5.32 Å². The van der Waals surface area contributed by atoms with Gasteiger partial charge in [-0.15, -0.1) is 11.3 Å². The average Bonchev–Trinajstić information content (AvgIpc) is 2.76. The lowest BCUT2D eigenvalue weighted by Gasteiger charge is -2.05. The Bertz CT molecular complexity index is 539. The van der Waals surface area contributed by atoms with Crippen molar-refractivity contribution in [2.45, 2.75) is 6.61 Å². The van der Waals surface area contributed by atoms with Crippen LogP contribution in [0, 0.1) is 0 Å². The van der Waals surface area contributed by atoms with Gasteiger partial charge < -0.3 is 10.4 Å². The van der Waals surface area contributed by atoms with E-state index in [0.717, 1.165) is 9.35 Å². The Morgan fingerprint density at radius 3 is 2.88 bits per heavy atom. The van der Waals surface area contributed by atoms with Gasteiger partial charge in [0.1, 0.15) is 0 Å². The van der Waals surface area contributed by atoms with Crippen molar-refractivity contribution in [3.63, 3.8) is 0 Å². The largest absolute Gasteiger partial charge is 0.392 e. The molecular weight excluding hydrogens is 302 g/mol. The molecule has 0 unspecified atom stereocenters. The molecule has 1 heterocycles. The van der Waals surface area contributed by atoms with Gasteiger partial charge in [0.2, 0.25) is 0 Å². The molecule has 0 aliphatic rings. The second-order valence-corrected chi connectivity index (χ2v) is 5.74. The summed E-state index contributed by atoms with van der Waals surface area (Å²) in [6.07, 6.45) is 0. The van der Waals surface area contributed by atoms with Crippen LogP contribution >= 0.6 is 27.3 Å². The lowest BCUT2D eigenvalue weighted by molar-refractivity contribution is 0.102. The number of aliphatic hydroxyl groups excluding tert-OH is 1. The molecular formula is C12H10BrNO2S. The van der Waals surface area contributed by atoms with Crippen LogP contribution < -0.4 is 5.32 Å². The van der Waals surface area contributed by atoms with Crippen molar-refractivity contribution in [2.24, 2.45) is 0 Å². The van der Waals surface area contributed by atoms with Crippen LogP contribution in [0.3, 0.4) is 0 Å². The number of rotatable bonds is 3. The zero-order valence-electron chi connectivity index (χ0n) is 8.81. The highest BCUT2D eigenvalue weighted by Gasteiger charge is 2.08. The summed E-state index contributed by atoms with van der Waals surface area (Å²) in [5.74, 6) is -0.151. The minimum Gasteiger partial charge on any atom is -0.392 e. The zero-order valence-corrected chi connectivity index (χ0v) is 11.2. The number of nitrogens with one attached hydrogen (secondary N) is 1. The number of hydrogen-bond acceptors (Lipinski definition) is 3. The molecule has 0 fully saturated rings. The molecule has 3 nitrogen and oxygen atoms in total. The molecule has 0 aliphatic heterocycles. The normalized spacial score (nSPS) is 10.2. The number of carbonyl (C=O) groups is 1. The fourth-order valence-electron chi connectivity index (χ4n) is 1.38. The van der Waals surface area contributed by atoms with Crippen LogP contribution in [0.5, 0.6) is 0 Å². The Morgan fingerprint density at radius 2 is 2.24 bits per heavy atom. The molecule has 5 heteroatoms. The Kier molecular flexibility index (Phi) is 3.93. The summed E-state index contributed by atoms with van der Waals surface area (Å²) < 4.78 is 0.923. The van der Waals surface area contributed by atoms with Gasteiger partial charge in [-0.2, -0.15) is 0 Å². The maximum absolute atomic E-state index is 11.8. The molecule has 0 spiro atoms. The van der Waals surface area contributed by atoms with E-state index in [1.807, 2.05) is 0 Å². The summed E-state index contributed by atoms with van der Waals surface area (Å²) in [6.45, 7) is -0.0340. The standard InChI is InChI=1S/C12H10BrNO2S/c13-11-5-9(7-17-11)12(16)14-10-3-1-2-8(4-10)6-15/h1-5,7,15H,6H2,(H,14,16). The first-order chi connectivity index (χ1) is 8.19. The van der Waals surface area contributed by atoms with E-state index in [0.29, 0.717) is 11.3 Å². The maximum Gasteiger partial charge on any atom is 0.256 e. The molecule has 0 aliphatic carbocycles. The number of halogens is 1. The number of amides is 1. The lowest BCUT2D eigenvalue weighted by Crippen LogP contribution is -2.10. The van der Waals surface area contributed by atoms with Crippen molar-refractivity contribution in [1.29, 1.82) is 0 Å². The highest BCUT2D eigenvalue weighted by Crippen LogP contribution is 2.21. The van der Waals surface area contributed by atoms with Crippen molar-refractivity contribution >= 4 is 38.9 Å². The summed E-state index contributed by atoms with van der Waals surface area (Å²) in [6, 6.07) is 8.91. The molecule has 2 aromatic rings. The van der Waals surface area contributed by atoms with E-state index in [-0.39, 0.29) is 12.5 Å². The number of thiophene rings is 1. The molecule has 17 heavy (non-hydrogen) atoms. The van der Waals surface area contributed by atoms with Crippen LogP contribution in [0.15, 0.2) is 39.5 Å². The van der Waals surface area contributed by atoms with Crippen molar-refractivity contribution in [3.05, 3.63) is 50.6 Å². The van der Waals surface area contributed by atoms with Crippen LogP contribution in [0.4, 0.5) is 5.69 Å². The Hall–Kier alpha value is -1.17. The van der Waals surface area contributed by atoms with E-state index in [9.17, 15) is 4.79 Å². The molecule has 0 saturated heterocycles. The molecule has 88 valence electrons. The van der Waals surface area contributed by atoms with E-state index >= 15 is 0 Å². The lowest BCUT2D eigenvalue weighted by atomic mass is 10.2. The summed E-state index contributed by atoms with van der Waals surface area (Å²) in [5, 5.41) is 13.6. The molecule has 2 rings (SSSR count). The zero-order chi connectivity index (χ0) is 12.3. The second kappa shape index (κ2) is 5.44. The number of hydrogen-bond donors (Lipinski definition) is 2. The van der Waals surface area contributed by atoms with Gasteiger partial charge in [0.15, 0.2) is 0 Å². The fourth-order valence-corrected chi connectivity index (χ4v) is 2.52. The van der Waals surface area contributed by atoms with Crippen molar-refractivity contribution in [1.82, 2.24) is 0 Å². The van der Waals surface area contributed by atoms with Crippen LogP contribution in [0.2, 0.25) is 0 Å². The van der Waals surface area contributed by atoms with Gasteiger partial charge >= 0.3 is 0 Å². The van der Waals surface area contributed by atoms with Gasteiger partial charge in [-0.25, -0.2) is 0 Å². The summed E-state index contributed by atoms with van der Waals surface area (Å²) in [5.41, 5.74) is 2.08. The highest BCUT2D eigenvalue weighted by atomic mass is 79.9. The quantitative estimate of drug-likeness (QED) is 0.914. The van der Waals surface area contributed by atoms with Crippen molar-refractivity contribution < 1.29 is 9.90 Å². The SMILES string of the molecule is O=C(Nc1cccc(CO)c1)c1csc(Br)c1. The van der Waals surface area contributed by atoms with Gasteiger partial charge in [-0.3, -0.25) is 4.79 Å². The van der Waals surface area contributed by atoms with Gasteiger partial charge in [-0.05, 0) is 39.7 Å². The maximum atomic E-state index is 11.8. The number of aliphatic hydroxyl groups is 1. The molecule has 0 bridgehead atoms. The van der Waals surface area contributed by atoms with Crippen LogP contribution in [-0.4, -0.2) is 11.0 Å². The highest BCUT2D eigenvalue weighted by molar-refractivity contribution is 9.11. The van der Waals surface area contributed by atoms with E-state index in [1.54, 1.807) is 35.7 Å². The van der Waals surface area contributed by atoms with E-state index < -0.39 is 0 Å². The molecule has 2 N–H and O–H groups in total. The van der Waals surface area contributed by atoms with Gasteiger partial charge in [0.05, 0.1) is 16.0 Å². The second-order valence-electron chi connectivity index (χ2n) is 3.45. The van der Waals surface area contributed by atoms with E-state index in [2.05, 4.69) is 21.2 Å². The smallest absolute Gasteiger partial charge is 0.256 e. The number of carbonyl (C=O) groups excluding carboxylic acids is 1. The fraction of sp³-hybridized carbons (Fsp3) is 0.0833. The summed E-state index contributed by atoms with van der Waals surface area (Å²) >= 11 is 4.78. The third-order valence-corrected chi connectivity index (χ3v) is 3.70.